The molecular formula is C25H32FN3O4S. The Hall–Kier alpha value is -2.49. The topological polar surface area (TPSA) is 70.2 Å². The fourth-order valence-electron chi connectivity index (χ4n) is 4.58. The van der Waals surface area contributed by atoms with Gasteiger partial charge in [-0.2, -0.15) is 4.31 Å². The molecule has 0 unspecified atom stereocenters. The predicted molar refractivity (Wildman–Crippen MR) is 128 cm³/mol. The van der Waals surface area contributed by atoms with E-state index in [4.69, 9.17) is 4.74 Å². The van der Waals surface area contributed by atoms with Crippen molar-refractivity contribution in [3.05, 3.63) is 59.4 Å². The summed E-state index contributed by atoms with van der Waals surface area (Å²) >= 11 is 0. The number of hydrogen-bond acceptors (Lipinski definition) is 5. The lowest BCUT2D eigenvalue weighted by Gasteiger charge is -2.35. The van der Waals surface area contributed by atoms with Crippen LogP contribution < -0.4 is 4.74 Å². The van der Waals surface area contributed by atoms with Gasteiger partial charge in [-0.1, -0.05) is 25.0 Å². The van der Waals surface area contributed by atoms with Crippen LogP contribution in [0.2, 0.25) is 0 Å². The van der Waals surface area contributed by atoms with Crippen LogP contribution in [0.3, 0.4) is 0 Å². The molecule has 184 valence electrons. The van der Waals surface area contributed by atoms with E-state index in [2.05, 4.69) is 4.90 Å². The summed E-state index contributed by atoms with van der Waals surface area (Å²) < 4.78 is 46.8. The van der Waals surface area contributed by atoms with Crippen molar-refractivity contribution >= 4 is 15.9 Å². The minimum Gasteiger partial charge on any atom is -0.494 e. The van der Waals surface area contributed by atoms with Gasteiger partial charge in [-0.05, 0) is 48.7 Å². The van der Waals surface area contributed by atoms with Gasteiger partial charge in [-0.25, -0.2) is 12.8 Å². The molecule has 9 heteroatoms. The van der Waals surface area contributed by atoms with Crippen LogP contribution in [0.15, 0.2) is 47.4 Å². The molecule has 0 atom stereocenters. The Labute approximate surface area is 201 Å². The Kier molecular flexibility index (Phi) is 7.85. The zero-order valence-electron chi connectivity index (χ0n) is 19.6. The normalized spacial score (nSPS) is 18.5. The molecule has 0 spiro atoms. The number of carbonyl (C=O) groups excluding carboxylic acids is 1. The SMILES string of the molecule is COc1ccc(CN2CCN(C(=O)c3cccc(S(=O)(=O)N4CCCCCC4)c3)CC2)cc1F. The quantitative estimate of drug-likeness (QED) is 0.623. The van der Waals surface area contributed by atoms with Crippen LogP contribution in [0.1, 0.15) is 41.6 Å². The highest BCUT2D eigenvalue weighted by Crippen LogP contribution is 2.23. The molecule has 0 aromatic heterocycles. The highest BCUT2D eigenvalue weighted by atomic mass is 32.2. The number of benzene rings is 2. The van der Waals surface area contributed by atoms with Crippen molar-refractivity contribution in [3.8, 4) is 5.75 Å². The van der Waals surface area contributed by atoms with E-state index in [9.17, 15) is 17.6 Å². The summed E-state index contributed by atoms with van der Waals surface area (Å²) in [4.78, 5) is 17.2. The molecule has 0 saturated carbocycles. The molecule has 2 aliphatic rings. The molecular weight excluding hydrogens is 457 g/mol. The van der Waals surface area contributed by atoms with Crippen LogP contribution in [0, 0.1) is 5.82 Å². The third-order valence-corrected chi connectivity index (χ3v) is 8.46. The minimum absolute atomic E-state index is 0.164. The number of piperazine rings is 1. The second-order valence-corrected chi connectivity index (χ2v) is 10.8. The van der Waals surface area contributed by atoms with E-state index in [1.165, 1.54) is 19.2 Å². The lowest BCUT2D eigenvalue weighted by Crippen LogP contribution is -2.48. The van der Waals surface area contributed by atoms with Crippen molar-refractivity contribution in [2.75, 3.05) is 46.4 Å². The Morgan fingerprint density at radius 3 is 2.29 bits per heavy atom. The summed E-state index contributed by atoms with van der Waals surface area (Å²) in [6.45, 7) is 4.02. The Balaban J connectivity index is 1.38. The number of rotatable bonds is 6. The molecule has 0 bridgehead atoms. The number of ether oxygens (including phenoxy) is 1. The number of halogens is 1. The molecule has 7 nitrogen and oxygen atoms in total. The van der Waals surface area contributed by atoms with Gasteiger partial charge in [0.2, 0.25) is 10.0 Å². The summed E-state index contributed by atoms with van der Waals surface area (Å²) in [6, 6.07) is 11.3. The third kappa shape index (κ3) is 5.59. The second-order valence-electron chi connectivity index (χ2n) is 8.88. The highest BCUT2D eigenvalue weighted by molar-refractivity contribution is 7.89. The maximum atomic E-state index is 14.0. The summed E-state index contributed by atoms with van der Waals surface area (Å²) in [7, 11) is -2.17. The highest BCUT2D eigenvalue weighted by Gasteiger charge is 2.27. The van der Waals surface area contributed by atoms with Crippen molar-refractivity contribution in [3.63, 3.8) is 0 Å². The molecule has 2 aromatic carbocycles. The van der Waals surface area contributed by atoms with Crippen molar-refractivity contribution in [1.82, 2.24) is 14.1 Å². The molecule has 2 aliphatic heterocycles. The summed E-state index contributed by atoms with van der Waals surface area (Å²) in [5.74, 6) is -0.328. The second kappa shape index (κ2) is 10.8. The smallest absolute Gasteiger partial charge is 0.253 e. The number of amides is 1. The van der Waals surface area contributed by atoms with Crippen molar-refractivity contribution in [2.45, 2.75) is 37.1 Å². The van der Waals surface area contributed by atoms with Gasteiger partial charge in [0.15, 0.2) is 11.6 Å². The summed E-state index contributed by atoms with van der Waals surface area (Å²) in [6.07, 6.45) is 3.82. The van der Waals surface area contributed by atoms with E-state index in [0.717, 1.165) is 31.2 Å². The van der Waals surface area contributed by atoms with Crippen molar-refractivity contribution < 1.29 is 22.3 Å². The van der Waals surface area contributed by atoms with E-state index < -0.39 is 10.0 Å². The molecule has 2 saturated heterocycles. The number of carbonyl (C=O) groups is 1. The maximum Gasteiger partial charge on any atom is 0.253 e. The van der Waals surface area contributed by atoms with E-state index >= 15 is 0 Å². The van der Waals surface area contributed by atoms with E-state index in [1.54, 1.807) is 33.5 Å². The van der Waals surface area contributed by atoms with Gasteiger partial charge in [0.1, 0.15) is 0 Å². The molecule has 2 fully saturated rings. The van der Waals surface area contributed by atoms with Gasteiger partial charge in [0, 0.05) is 51.4 Å². The molecule has 2 aromatic rings. The minimum atomic E-state index is -3.61. The Morgan fingerprint density at radius 1 is 0.941 bits per heavy atom. The fraction of sp³-hybridized carbons (Fsp3) is 0.480. The average Bonchev–Trinajstić information content (AvgIpc) is 3.15. The standard InChI is InChI=1S/C25H32FN3O4S/c1-33-24-10-9-20(17-23(24)26)19-27-13-15-28(16-14-27)25(30)21-7-6-8-22(18-21)34(31,32)29-11-4-2-3-5-12-29/h6-10,17-18H,2-5,11-16,19H2,1H3. The van der Waals surface area contributed by atoms with E-state index in [1.807, 2.05) is 6.07 Å². The molecule has 2 heterocycles. The van der Waals surface area contributed by atoms with Crippen LogP contribution in [0.25, 0.3) is 0 Å². The number of methoxy groups -OCH3 is 1. The summed E-state index contributed by atoms with van der Waals surface area (Å²) in [5.41, 5.74) is 1.24. The maximum absolute atomic E-state index is 14.0. The number of nitrogens with zero attached hydrogens (tertiary/aromatic N) is 3. The zero-order chi connectivity index (χ0) is 24.1. The molecule has 0 radical (unpaired) electrons. The first kappa shape index (κ1) is 24.6. The first-order chi connectivity index (χ1) is 16.4. The molecule has 4 rings (SSSR count). The average molecular weight is 490 g/mol. The Morgan fingerprint density at radius 2 is 1.65 bits per heavy atom. The predicted octanol–water partition coefficient (Wildman–Crippen LogP) is 3.36. The molecule has 1 amide bonds. The van der Waals surface area contributed by atoms with Gasteiger partial charge in [0.05, 0.1) is 12.0 Å². The van der Waals surface area contributed by atoms with Crippen molar-refractivity contribution in [1.29, 1.82) is 0 Å². The number of sulfonamides is 1. The van der Waals surface area contributed by atoms with Gasteiger partial charge < -0.3 is 9.64 Å². The fourth-order valence-corrected chi connectivity index (χ4v) is 6.14. The van der Waals surface area contributed by atoms with Crippen LogP contribution in [-0.4, -0.2) is 74.8 Å². The lowest BCUT2D eigenvalue weighted by atomic mass is 10.1. The molecule has 0 N–H and O–H groups in total. The van der Waals surface area contributed by atoms with Gasteiger partial charge >= 0.3 is 0 Å². The third-order valence-electron chi connectivity index (χ3n) is 6.57. The lowest BCUT2D eigenvalue weighted by molar-refractivity contribution is 0.0628. The van der Waals surface area contributed by atoms with E-state index in [-0.39, 0.29) is 22.4 Å². The molecule has 34 heavy (non-hydrogen) atoms. The largest absolute Gasteiger partial charge is 0.494 e. The number of hydrogen-bond donors (Lipinski definition) is 0. The summed E-state index contributed by atoms with van der Waals surface area (Å²) in [5, 5.41) is 0. The van der Waals surface area contributed by atoms with Gasteiger partial charge in [-0.3, -0.25) is 9.69 Å². The van der Waals surface area contributed by atoms with Crippen LogP contribution in [0.5, 0.6) is 5.75 Å². The monoisotopic (exact) mass is 489 g/mol. The van der Waals surface area contributed by atoms with Crippen molar-refractivity contribution in [2.24, 2.45) is 0 Å². The zero-order valence-corrected chi connectivity index (χ0v) is 20.4. The van der Waals surface area contributed by atoms with Crippen LogP contribution >= 0.6 is 0 Å². The first-order valence-electron chi connectivity index (χ1n) is 11.8. The molecule has 0 aliphatic carbocycles. The first-order valence-corrected chi connectivity index (χ1v) is 13.3. The van der Waals surface area contributed by atoms with Crippen LogP contribution in [0.4, 0.5) is 4.39 Å². The van der Waals surface area contributed by atoms with Crippen LogP contribution in [-0.2, 0) is 16.6 Å². The Bertz CT molecular complexity index is 1110. The van der Waals surface area contributed by atoms with Gasteiger partial charge in [0.25, 0.3) is 5.91 Å². The van der Waals surface area contributed by atoms with E-state index in [0.29, 0.717) is 51.4 Å². The van der Waals surface area contributed by atoms with Gasteiger partial charge in [-0.15, -0.1) is 0 Å².